The van der Waals surface area contributed by atoms with Crippen molar-refractivity contribution in [1.29, 1.82) is 0 Å². The zero-order valence-electron chi connectivity index (χ0n) is 12.3. The maximum Gasteiger partial charge on any atom is 0.313 e. The molecule has 1 atom stereocenters. The first kappa shape index (κ1) is 30.6. The van der Waals surface area contributed by atoms with Gasteiger partial charge in [0.05, 0.1) is 31.3 Å². The highest BCUT2D eigenvalue weighted by atomic mass is 32.1. The molecular formula is C11H24O8S4. The van der Waals surface area contributed by atoms with E-state index >= 15 is 0 Å². The fourth-order valence-electron chi connectivity index (χ4n) is 0.249. The first-order valence-corrected chi connectivity index (χ1v) is 8.53. The summed E-state index contributed by atoms with van der Waals surface area (Å²) < 4.78 is 0. The van der Waals surface area contributed by atoms with Gasteiger partial charge in [-0.1, -0.05) is 0 Å². The van der Waals surface area contributed by atoms with E-state index in [0.717, 1.165) is 0 Å². The first-order valence-electron chi connectivity index (χ1n) is 6.00. The van der Waals surface area contributed by atoms with Crippen molar-refractivity contribution >= 4 is 68.4 Å². The SMILES string of the molecule is O=C(O)CCS.O=C(O)CCS.O=C(O)CS.OCC(O)CS. The van der Waals surface area contributed by atoms with Crippen molar-refractivity contribution in [2.75, 3.05) is 29.6 Å². The Hall–Kier alpha value is -0.270. The summed E-state index contributed by atoms with van der Waals surface area (Å²) >= 11 is 14.5. The second kappa shape index (κ2) is 26.6. The van der Waals surface area contributed by atoms with Crippen LogP contribution < -0.4 is 0 Å². The Morgan fingerprint density at radius 3 is 1.09 bits per heavy atom. The van der Waals surface area contributed by atoms with E-state index in [1.807, 2.05) is 0 Å². The van der Waals surface area contributed by atoms with Crippen LogP contribution in [0.2, 0.25) is 0 Å². The molecule has 0 saturated carbocycles. The summed E-state index contributed by atoms with van der Waals surface area (Å²) in [7, 11) is 0. The van der Waals surface area contributed by atoms with Gasteiger partial charge in [-0.15, -0.1) is 0 Å². The maximum absolute atomic E-state index is 9.55. The van der Waals surface area contributed by atoms with Gasteiger partial charge in [-0.3, -0.25) is 14.4 Å². The molecular weight excluding hydrogens is 388 g/mol. The molecule has 0 bridgehead atoms. The van der Waals surface area contributed by atoms with E-state index in [-0.39, 0.29) is 25.2 Å². The molecule has 0 aromatic heterocycles. The summed E-state index contributed by atoms with van der Waals surface area (Å²) in [6, 6.07) is 0. The summed E-state index contributed by atoms with van der Waals surface area (Å²) in [5.74, 6) is -1.36. The van der Waals surface area contributed by atoms with Gasteiger partial charge >= 0.3 is 17.9 Å². The molecule has 1 unspecified atom stereocenters. The number of carboxylic acid groups (broad SMARTS) is 3. The normalized spacial score (nSPS) is 9.65. The van der Waals surface area contributed by atoms with Crippen LogP contribution >= 0.6 is 50.5 Å². The van der Waals surface area contributed by atoms with E-state index < -0.39 is 24.0 Å². The molecule has 0 rings (SSSR count). The van der Waals surface area contributed by atoms with Crippen molar-refractivity contribution in [1.82, 2.24) is 0 Å². The van der Waals surface area contributed by atoms with Crippen LogP contribution in [0.1, 0.15) is 12.8 Å². The lowest BCUT2D eigenvalue weighted by Crippen LogP contribution is -2.12. The lowest BCUT2D eigenvalue weighted by molar-refractivity contribution is -0.137. The van der Waals surface area contributed by atoms with Gasteiger partial charge in [0.15, 0.2) is 0 Å². The van der Waals surface area contributed by atoms with Gasteiger partial charge < -0.3 is 25.5 Å². The van der Waals surface area contributed by atoms with Crippen LogP contribution in [0.5, 0.6) is 0 Å². The molecule has 8 nitrogen and oxygen atoms in total. The van der Waals surface area contributed by atoms with E-state index in [9.17, 15) is 14.4 Å². The average molecular weight is 413 g/mol. The smallest absolute Gasteiger partial charge is 0.313 e. The monoisotopic (exact) mass is 412 g/mol. The van der Waals surface area contributed by atoms with Gasteiger partial charge in [-0.2, -0.15) is 50.5 Å². The summed E-state index contributed by atoms with van der Waals surface area (Å²) in [5.41, 5.74) is 0. The molecule has 12 heteroatoms. The number of carboxylic acids is 3. The summed E-state index contributed by atoms with van der Waals surface area (Å²) in [5, 5.41) is 39.8. The molecule has 0 heterocycles. The third kappa shape index (κ3) is 61.5. The molecule has 0 aliphatic rings. The molecule has 0 fully saturated rings. The summed E-state index contributed by atoms with van der Waals surface area (Å²) in [6.45, 7) is -0.191. The quantitative estimate of drug-likeness (QED) is 0.266. The minimum absolute atomic E-state index is 0.0833. The third-order valence-corrected chi connectivity index (χ3v) is 2.35. The van der Waals surface area contributed by atoms with Crippen LogP contribution in [0.3, 0.4) is 0 Å². The number of hydrogen-bond donors (Lipinski definition) is 9. The van der Waals surface area contributed by atoms with Gasteiger partial charge in [-0.25, -0.2) is 0 Å². The number of rotatable bonds is 7. The van der Waals surface area contributed by atoms with Gasteiger partial charge in [0, 0.05) is 17.3 Å². The van der Waals surface area contributed by atoms with Crippen molar-refractivity contribution in [2.24, 2.45) is 0 Å². The number of aliphatic carboxylic acids is 3. The van der Waals surface area contributed by atoms with Crippen LogP contribution in [0.4, 0.5) is 0 Å². The van der Waals surface area contributed by atoms with Gasteiger partial charge in [0.25, 0.3) is 0 Å². The Kier molecular flexibility index (Phi) is 35.4. The van der Waals surface area contributed by atoms with E-state index in [0.29, 0.717) is 17.3 Å². The number of hydrogen-bond acceptors (Lipinski definition) is 9. The Balaban J connectivity index is -0.000000105. The third-order valence-electron chi connectivity index (χ3n) is 1.21. The minimum Gasteiger partial charge on any atom is -0.481 e. The molecule has 0 spiro atoms. The molecule has 0 aliphatic heterocycles. The summed E-state index contributed by atoms with van der Waals surface area (Å²) in [4.78, 5) is 28.4. The number of carbonyl (C=O) groups is 3. The molecule has 0 aromatic carbocycles. The second-order valence-corrected chi connectivity index (χ2v) is 4.88. The molecule has 0 aliphatic carbocycles. The maximum atomic E-state index is 9.55. The molecule has 23 heavy (non-hydrogen) atoms. The Bertz CT molecular complexity index is 271. The average Bonchev–Trinajstić information content (AvgIpc) is 2.47. The Labute approximate surface area is 156 Å². The van der Waals surface area contributed by atoms with Crippen LogP contribution in [-0.2, 0) is 14.4 Å². The fourth-order valence-corrected chi connectivity index (χ4v) is 0.747. The van der Waals surface area contributed by atoms with Crippen molar-refractivity contribution in [3.63, 3.8) is 0 Å². The number of aliphatic hydroxyl groups is 2. The van der Waals surface area contributed by atoms with Crippen LogP contribution in [0.15, 0.2) is 0 Å². The highest BCUT2D eigenvalue weighted by molar-refractivity contribution is 7.81. The Morgan fingerprint density at radius 1 is 0.783 bits per heavy atom. The van der Waals surface area contributed by atoms with Crippen molar-refractivity contribution < 1.29 is 39.9 Å². The Morgan fingerprint density at radius 2 is 1.09 bits per heavy atom. The predicted molar refractivity (Wildman–Crippen MR) is 101 cm³/mol. The molecule has 0 radical (unpaired) electrons. The van der Waals surface area contributed by atoms with E-state index in [1.54, 1.807) is 0 Å². The number of aliphatic hydroxyl groups excluding tert-OH is 2. The highest BCUT2D eigenvalue weighted by Crippen LogP contribution is 1.81. The topological polar surface area (TPSA) is 152 Å². The van der Waals surface area contributed by atoms with Crippen LogP contribution in [0.25, 0.3) is 0 Å². The molecule has 0 amide bonds. The predicted octanol–water partition coefficient (Wildman–Crippen LogP) is 0.0520. The molecule has 0 aromatic rings. The van der Waals surface area contributed by atoms with Crippen LogP contribution in [-0.4, -0.2) is 79.2 Å². The molecule has 5 N–H and O–H groups in total. The standard InChI is InChI=1S/C3H8O2S.2C3H6O2S.C2H4O2S/c4-1-3(5)2-6;2*4-3(5)1-2-6;3-2(4)1-5/h3-6H,1-2H2;2*6H,1-2H2,(H,4,5);5H,1H2,(H,3,4). The van der Waals surface area contributed by atoms with Gasteiger partial charge in [0.2, 0.25) is 0 Å². The van der Waals surface area contributed by atoms with Crippen molar-refractivity contribution in [2.45, 2.75) is 18.9 Å². The fraction of sp³-hybridized carbons (Fsp3) is 0.727. The zero-order chi connectivity index (χ0) is 19.3. The number of thiol groups is 4. The van der Waals surface area contributed by atoms with E-state index in [4.69, 9.17) is 25.5 Å². The largest absolute Gasteiger partial charge is 0.481 e. The van der Waals surface area contributed by atoms with Gasteiger partial charge in [0.1, 0.15) is 0 Å². The lowest BCUT2D eigenvalue weighted by atomic mass is 10.4. The minimum atomic E-state index is -0.881. The van der Waals surface area contributed by atoms with Gasteiger partial charge in [-0.05, 0) is 0 Å². The van der Waals surface area contributed by atoms with E-state index in [2.05, 4.69) is 50.5 Å². The second-order valence-electron chi connectivity index (χ2n) is 3.31. The lowest BCUT2D eigenvalue weighted by Gasteiger charge is -1.96. The van der Waals surface area contributed by atoms with Crippen molar-refractivity contribution in [3.8, 4) is 0 Å². The van der Waals surface area contributed by atoms with Crippen molar-refractivity contribution in [3.05, 3.63) is 0 Å². The molecule has 0 saturated heterocycles. The molecule has 140 valence electrons. The van der Waals surface area contributed by atoms with E-state index in [1.165, 1.54) is 0 Å². The van der Waals surface area contributed by atoms with Crippen LogP contribution in [0, 0.1) is 0 Å². The first-order chi connectivity index (χ1) is 10.6. The summed E-state index contributed by atoms with van der Waals surface area (Å²) in [6.07, 6.45) is -0.333. The zero-order valence-corrected chi connectivity index (χ0v) is 15.9. The highest BCUT2D eigenvalue weighted by Gasteiger charge is 1.93.